The van der Waals surface area contributed by atoms with Gasteiger partial charge in [0.2, 0.25) is 5.89 Å². The molecule has 24 heavy (non-hydrogen) atoms. The van der Waals surface area contributed by atoms with Crippen LogP contribution in [-0.4, -0.2) is 57.0 Å². The molecule has 1 saturated heterocycles. The molecular formula is C17H23N5O2. The van der Waals surface area contributed by atoms with Crippen molar-refractivity contribution >= 4 is 5.91 Å². The fourth-order valence-corrected chi connectivity index (χ4v) is 2.89. The molecule has 0 N–H and O–H groups in total. The molecule has 0 atom stereocenters. The molecule has 1 fully saturated rings. The van der Waals surface area contributed by atoms with E-state index in [1.165, 1.54) is 0 Å². The second-order valence-corrected chi connectivity index (χ2v) is 6.11. The molecular weight excluding hydrogens is 306 g/mol. The van der Waals surface area contributed by atoms with Gasteiger partial charge in [-0.3, -0.25) is 14.7 Å². The summed E-state index contributed by atoms with van der Waals surface area (Å²) in [5.74, 6) is 1.44. The average Bonchev–Trinajstić information content (AvgIpc) is 3.03. The van der Waals surface area contributed by atoms with Gasteiger partial charge in [0.05, 0.1) is 17.8 Å². The van der Waals surface area contributed by atoms with E-state index in [4.69, 9.17) is 4.52 Å². The van der Waals surface area contributed by atoms with Crippen molar-refractivity contribution < 1.29 is 9.32 Å². The van der Waals surface area contributed by atoms with Gasteiger partial charge in [0, 0.05) is 38.3 Å². The minimum atomic E-state index is 0.0625. The SMILES string of the molecule is CCc1nc(CN2CCN(C(=O)c3ccc(C)nc3C)CC2)no1. The Bertz CT molecular complexity index is 720. The number of amides is 1. The molecule has 0 unspecified atom stereocenters. The first-order valence-electron chi connectivity index (χ1n) is 8.34. The Kier molecular flexibility index (Phi) is 4.89. The Balaban J connectivity index is 1.57. The normalized spacial score (nSPS) is 15.7. The van der Waals surface area contributed by atoms with E-state index in [0.717, 1.165) is 30.9 Å². The van der Waals surface area contributed by atoms with Gasteiger partial charge in [0.15, 0.2) is 5.82 Å². The highest BCUT2D eigenvalue weighted by Gasteiger charge is 2.24. The lowest BCUT2D eigenvalue weighted by Crippen LogP contribution is -2.48. The summed E-state index contributed by atoms with van der Waals surface area (Å²) in [6.07, 6.45) is 0.749. The summed E-state index contributed by atoms with van der Waals surface area (Å²) < 4.78 is 5.14. The Labute approximate surface area is 141 Å². The first kappa shape index (κ1) is 16.6. The second kappa shape index (κ2) is 7.09. The molecule has 1 amide bonds. The Morgan fingerprint density at radius 1 is 1.17 bits per heavy atom. The summed E-state index contributed by atoms with van der Waals surface area (Å²) in [5, 5.41) is 3.99. The first-order chi connectivity index (χ1) is 11.6. The average molecular weight is 329 g/mol. The van der Waals surface area contributed by atoms with Gasteiger partial charge in [-0.15, -0.1) is 0 Å². The van der Waals surface area contributed by atoms with Crippen molar-refractivity contribution in [1.82, 2.24) is 24.9 Å². The van der Waals surface area contributed by atoms with E-state index in [1.807, 2.05) is 37.8 Å². The van der Waals surface area contributed by atoms with Crippen LogP contribution in [0.25, 0.3) is 0 Å². The molecule has 2 aromatic heterocycles. The summed E-state index contributed by atoms with van der Waals surface area (Å²) >= 11 is 0. The van der Waals surface area contributed by atoms with Crippen LogP contribution in [0.2, 0.25) is 0 Å². The molecule has 0 aromatic carbocycles. The molecule has 128 valence electrons. The van der Waals surface area contributed by atoms with Crippen LogP contribution < -0.4 is 0 Å². The van der Waals surface area contributed by atoms with Crippen molar-refractivity contribution in [2.45, 2.75) is 33.7 Å². The Morgan fingerprint density at radius 3 is 2.54 bits per heavy atom. The van der Waals surface area contributed by atoms with Gasteiger partial charge in [-0.1, -0.05) is 12.1 Å². The summed E-state index contributed by atoms with van der Waals surface area (Å²) in [6.45, 7) is 9.48. The van der Waals surface area contributed by atoms with Crippen LogP contribution in [0.15, 0.2) is 16.7 Å². The summed E-state index contributed by atoms with van der Waals surface area (Å²) in [6, 6.07) is 3.76. The number of aryl methyl sites for hydroxylation is 3. The van der Waals surface area contributed by atoms with Crippen molar-refractivity contribution in [3.63, 3.8) is 0 Å². The van der Waals surface area contributed by atoms with Crippen molar-refractivity contribution in [1.29, 1.82) is 0 Å². The number of piperazine rings is 1. The quantitative estimate of drug-likeness (QED) is 0.848. The topological polar surface area (TPSA) is 75.4 Å². The van der Waals surface area contributed by atoms with Crippen molar-refractivity contribution in [2.75, 3.05) is 26.2 Å². The molecule has 1 aliphatic rings. The highest BCUT2D eigenvalue weighted by molar-refractivity contribution is 5.95. The molecule has 0 spiro atoms. The monoisotopic (exact) mass is 329 g/mol. The predicted molar refractivity (Wildman–Crippen MR) is 88.6 cm³/mol. The van der Waals surface area contributed by atoms with Crippen LogP contribution in [0, 0.1) is 13.8 Å². The van der Waals surface area contributed by atoms with Crippen molar-refractivity contribution in [3.05, 3.63) is 40.8 Å². The number of nitrogens with zero attached hydrogens (tertiary/aromatic N) is 5. The van der Waals surface area contributed by atoms with Gasteiger partial charge in [-0.05, 0) is 26.0 Å². The zero-order valence-corrected chi connectivity index (χ0v) is 14.4. The lowest BCUT2D eigenvalue weighted by atomic mass is 10.1. The summed E-state index contributed by atoms with van der Waals surface area (Å²) in [4.78, 5) is 25.5. The minimum absolute atomic E-state index is 0.0625. The minimum Gasteiger partial charge on any atom is -0.339 e. The summed E-state index contributed by atoms with van der Waals surface area (Å²) in [5.41, 5.74) is 2.42. The molecule has 0 radical (unpaired) electrons. The number of hydrogen-bond donors (Lipinski definition) is 0. The number of carbonyl (C=O) groups is 1. The fraction of sp³-hybridized carbons (Fsp3) is 0.529. The molecule has 3 heterocycles. The van der Waals surface area contributed by atoms with Gasteiger partial charge >= 0.3 is 0 Å². The first-order valence-corrected chi connectivity index (χ1v) is 8.34. The highest BCUT2D eigenvalue weighted by atomic mass is 16.5. The molecule has 3 rings (SSSR count). The summed E-state index contributed by atoms with van der Waals surface area (Å²) in [7, 11) is 0. The van der Waals surface area contributed by atoms with E-state index < -0.39 is 0 Å². The third kappa shape index (κ3) is 3.62. The number of rotatable bonds is 4. The molecule has 0 saturated carbocycles. The van der Waals surface area contributed by atoms with E-state index in [2.05, 4.69) is 20.0 Å². The second-order valence-electron chi connectivity index (χ2n) is 6.11. The van der Waals surface area contributed by atoms with E-state index in [1.54, 1.807) is 0 Å². The maximum absolute atomic E-state index is 12.7. The van der Waals surface area contributed by atoms with Gasteiger partial charge in [-0.2, -0.15) is 4.98 Å². The van der Waals surface area contributed by atoms with Crippen LogP contribution in [0.4, 0.5) is 0 Å². The van der Waals surface area contributed by atoms with Gasteiger partial charge < -0.3 is 9.42 Å². The van der Waals surface area contributed by atoms with Gasteiger partial charge in [-0.25, -0.2) is 0 Å². The predicted octanol–water partition coefficient (Wildman–Crippen LogP) is 1.60. The fourth-order valence-electron chi connectivity index (χ4n) is 2.89. The number of aromatic nitrogens is 3. The molecule has 7 nitrogen and oxygen atoms in total. The molecule has 0 bridgehead atoms. The third-order valence-corrected chi connectivity index (χ3v) is 4.29. The van der Waals surface area contributed by atoms with Crippen LogP contribution in [0.1, 0.15) is 40.4 Å². The largest absolute Gasteiger partial charge is 0.339 e. The van der Waals surface area contributed by atoms with Crippen molar-refractivity contribution in [2.24, 2.45) is 0 Å². The van der Waals surface area contributed by atoms with Gasteiger partial charge in [0.1, 0.15) is 0 Å². The van der Waals surface area contributed by atoms with E-state index >= 15 is 0 Å². The third-order valence-electron chi connectivity index (χ3n) is 4.29. The Hall–Kier alpha value is -2.28. The zero-order valence-electron chi connectivity index (χ0n) is 14.4. The standard InChI is InChI=1S/C17H23N5O2/c1-4-16-19-15(20-24-16)11-21-7-9-22(10-8-21)17(23)14-6-5-12(2)18-13(14)3/h5-6H,4,7-11H2,1-3H3. The van der Waals surface area contributed by atoms with E-state index in [-0.39, 0.29) is 5.91 Å². The number of pyridine rings is 1. The lowest BCUT2D eigenvalue weighted by Gasteiger charge is -2.34. The van der Waals surface area contributed by atoms with Crippen LogP contribution in [-0.2, 0) is 13.0 Å². The maximum Gasteiger partial charge on any atom is 0.255 e. The zero-order chi connectivity index (χ0) is 17.1. The Morgan fingerprint density at radius 2 is 1.92 bits per heavy atom. The van der Waals surface area contributed by atoms with Crippen LogP contribution >= 0.6 is 0 Å². The molecule has 2 aromatic rings. The van der Waals surface area contributed by atoms with Crippen LogP contribution in [0.3, 0.4) is 0 Å². The smallest absolute Gasteiger partial charge is 0.255 e. The number of carbonyl (C=O) groups excluding carboxylic acids is 1. The maximum atomic E-state index is 12.7. The van der Waals surface area contributed by atoms with Crippen LogP contribution in [0.5, 0.6) is 0 Å². The lowest BCUT2D eigenvalue weighted by molar-refractivity contribution is 0.0623. The van der Waals surface area contributed by atoms with Gasteiger partial charge in [0.25, 0.3) is 5.91 Å². The molecule has 7 heteroatoms. The van der Waals surface area contributed by atoms with E-state index in [0.29, 0.717) is 36.9 Å². The number of hydrogen-bond acceptors (Lipinski definition) is 6. The van der Waals surface area contributed by atoms with E-state index in [9.17, 15) is 4.79 Å². The van der Waals surface area contributed by atoms with Crippen molar-refractivity contribution in [3.8, 4) is 0 Å². The molecule has 1 aliphatic heterocycles. The molecule has 0 aliphatic carbocycles. The highest BCUT2D eigenvalue weighted by Crippen LogP contribution is 2.13.